The van der Waals surface area contributed by atoms with Crippen LogP contribution in [0, 0.1) is 0 Å². The van der Waals surface area contributed by atoms with Gasteiger partial charge in [-0.1, -0.05) is 18.5 Å². The topological polar surface area (TPSA) is 92.4 Å². The van der Waals surface area contributed by atoms with Gasteiger partial charge in [-0.05, 0) is 30.7 Å². The summed E-state index contributed by atoms with van der Waals surface area (Å²) in [5.41, 5.74) is 1.12. The molecule has 0 radical (unpaired) electrons. The summed E-state index contributed by atoms with van der Waals surface area (Å²) in [5, 5.41) is 11.6. The average molecular weight is 309 g/mol. The Balaban J connectivity index is 2.04. The van der Waals surface area contributed by atoms with E-state index in [0.717, 1.165) is 5.69 Å². The number of amides is 1. The quantitative estimate of drug-likeness (QED) is 0.828. The molecule has 2 N–H and O–H groups in total. The maximum Gasteiger partial charge on any atom is 0.371 e. The lowest BCUT2D eigenvalue weighted by molar-refractivity contribution is 0.0660. The maximum absolute atomic E-state index is 12.0. The van der Waals surface area contributed by atoms with Gasteiger partial charge in [-0.25, -0.2) is 9.78 Å². The minimum atomic E-state index is -1.15. The summed E-state index contributed by atoms with van der Waals surface area (Å²) in [7, 11) is 0. The Morgan fingerprint density at radius 3 is 2.76 bits per heavy atom. The van der Waals surface area contributed by atoms with E-state index in [-0.39, 0.29) is 23.4 Å². The number of carboxylic acid groups (broad SMARTS) is 1. The molecule has 1 amide bonds. The number of rotatable bonds is 5. The van der Waals surface area contributed by atoms with Crippen molar-refractivity contribution >= 4 is 23.5 Å². The average Bonchev–Trinajstić information content (AvgIpc) is 2.93. The van der Waals surface area contributed by atoms with Crippen molar-refractivity contribution in [3.63, 3.8) is 0 Å². The first-order valence-corrected chi connectivity index (χ1v) is 6.64. The van der Waals surface area contributed by atoms with Gasteiger partial charge in [0.25, 0.3) is 5.91 Å². The fourth-order valence-corrected chi connectivity index (χ4v) is 1.95. The normalized spacial score (nSPS) is 10.4. The van der Waals surface area contributed by atoms with E-state index in [2.05, 4.69) is 10.3 Å². The third-order valence-electron chi connectivity index (χ3n) is 2.77. The first-order valence-electron chi connectivity index (χ1n) is 6.26. The number of carboxylic acids is 1. The number of halogens is 1. The number of aromatic nitrogens is 1. The van der Waals surface area contributed by atoms with Gasteiger partial charge in [-0.15, -0.1) is 0 Å². The number of hydrogen-bond acceptors (Lipinski definition) is 4. The van der Waals surface area contributed by atoms with E-state index in [9.17, 15) is 9.59 Å². The van der Waals surface area contributed by atoms with E-state index >= 15 is 0 Å². The summed E-state index contributed by atoms with van der Waals surface area (Å²) < 4.78 is 5.05. The summed E-state index contributed by atoms with van der Waals surface area (Å²) in [6.07, 6.45) is 0.668. The van der Waals surface area contributed by atoms with Crippen molar-refractivity contribution < 1.29 is 19.1 Å². The van der Waals surface area contributed by atoms with Gasteiger partial charge in [0.1, 0.15) is 10.9 Å². The van der Waals surface area contributed by atoms with E-state index in [1.165, 1.54) is 18.2 Å². The number of aryl methyl sites for hydroxylation is 1. The highest BCUT2D eigenvalue weighted by Gasteiger charge is 2.12. The van der Waals surface area contributed by atoms with Crippen LogP contribution in [0.3, 0.4) is 0 Å². The van der Waals surface area contributed by atoms with Crippen LogP contribution in [0.1, 0.15) is 39.3 Å². The van der Waals surface area contributed by atoms with Crippen LogP contribution in [-0.2, 0) is 13.0 Å². The molecular weight excluding hydrogens is 296 g/mol. The zero-order valence-corrected chi connectivity index (χ0v) is 12.0. The highest BCUT2D eigenvalue weighted by molar-refractivity contribution is 6.29. The lowest BCUT2D eigenvalue weighted by Crippen LogP contribution is -2.22. The lowest BCUT2D eigenvalue weighted by atomic mass is 10.2. The molecule has 0 aliphatic carbocycles. The largest absolute Gasteiger partial charge is 0.475 e. The second kappa shape index (κ2) is 6.41. The minimum absolute atomic E-state index is 0.0908. The van der Waals surface area contributed by atoms with E-state index in [0.29, 0.717) is 17.7 Å². The number of hydrogen-bond donors (Lipinski definition) is 2. The predicted octanol–water partition coefficient (Wildman–Crippen LogP) is 2.52. The van der Waals surface area contributed by atoms with Crippen LogP contribution in [0.25, 0.3) is 0 Å². The molecular formula is C14H13ClN2O4. The molecule has 0 saturated carbocycles. The van der Waals surface area contributed by atoms with Gasteiger partial charge in [-0.3, -0.25) is 4.79 Å². The summed E-state index contributed by atoms with van der Waals surface area (Å²) in [6, 6.07) is 5.97. The van der Waals surface area contributed by atoms with Crippen LogP contribution in [0.2, 0.25) is 5.15 Å². The summed E-state index contributed by atoms with van der Waals surface area (Å²) in [6.45, 7) is 2.00. The highest BCUT2D eigenvalue weighted by atomic mass is 35.5. The fourth-order valence-electron chi connectivity index (χ4n) is 1.72. The van der Waals surface area contributed by atoms with Crippen LogP contribution < -0.4 is 5.32 Å². The molecule has 7 heteroatoms. The Kier molecular flexibility index (Phi) is 4.59. The first kappa shape index (κ1) is 15.1. The number of furan rings is 1. The van der Waals surface area contributed by atoms with E-state index < -0.39 is 5.97 Å². The zero-order chi connectivity index (χ0) is 15.4. The monoisotopic (exact) mass is 308 g/mol. The van der Waals surface area contributed by atoms with Crippen LogP contribution in [-0.4, -0.2) is 22.0 Å². The molecule has 0 aliphatic rings. The van der Waals surface area contributed by atoms with Crippen molar-refractivity contribution in [3.8, 4) is 0 Å². The minimum Gasteiger partial charge on any atom is -0.475 e. The molecule has 0 fully saturated rings. The Morgan fingerprint density at radius 2 is 2.14 bits per heavy atom. The number of aromatic carboxylic acids is 1. The molecule has 0 aromatic carbocycles. The fraction of sp³-hybridized carbons (Fsp3) is 0.214. The van der Waals surface area contributed by atoms with E-state index in [1.54, 1.807) is 6.07 Å². The summed E-state index contributed by atoms with van der Waals surface area (Å²) >= 11 is 5.85. The van der Waals surface area contributed by atoms with Crippen molar-refractivity contribution in [2.75, 3.05) is 0 Å². The second-order valence-electron chi connectivity index (χ2n) is 4.28. The number of pyridine rings is 1. The third kappa shape index (κ3) is 3.82. The standard InChI is InChI=1S/C14H13ClN2O4/c1-2-9-5-8(6-12(15)17-9)13(18)16-7-10-3-4-11(21-10)14(19)20/h3-6H,2,7H2,1H3,(H,16,18)(H,19,20). The molecule has 2 heterocycles. The Bertz CT molecular complexity index is 681. The number of carbonyl (C=O) groups excluding carboxylic acids is 1. The molecule has 0 saturated heterocycles. The molecule has 0 aliphatic heterocycles. The highest BCUT2D eigenvalue weighted by Crippen LogP contribution is 2.12. The van der Waals surface area contributed by atoms with Crippen LogP contribution >= 0.6 is 11.6 Å². The first-order chi connectivity index (χ1) is 9.99. The number of nitrogens with zero attached hydrogens (tertiary/aromatic N) is 1. The molecule has 2 rings (SSSR count). The molecule has 0 unspecified atom stereocenters. The van der Waals surface area contributed by atoms with Gasteiger partial charge < -0.3 is 14.8 Å². The SMILES string of the molecule is CCc1cc(C(=O)NCc2ccc(C(=O)O)o2)cc(Cl)n1. The van der Waals surface area contributed by atoms with E-state index in [4.69, 9.17) is 21.1 Å². The van der Waals surface area contributed by atoms with Crippen molar-refractivity contribution in [1.82, 2.24) is 10.3 Å². The van der Waals surface area contributed by atoms with Crippen molar-refractivity contribution in [2.45, 2.75) is 19.9 Å². The molecule has 0 bridgehead atoms. The van der Waals surface area contributed by atoms with Crippen LogP contribution in [0.5, 0.6) is 0 Å². The van der Waals surface area contributed by atoms with E-state index in [1.807, 2.05) is 6.92 Å². The summed E-state index contributed by atoms with van der Waals surface area (Å²) in [4.78, 5) is 26.8. The van der Waals surface area contributed by atoms with Gasteiger partial charge in [-0.2, -0.15) is 0 Å². The van der Waals surface area contributed by atoms with Crippen molar-refractivity contribution in [2.24, 2.45) is 0 Å². The molecule has 0 atom stereocenters. The van der Waals surface area contributed by atoms with Crippen molar-refractivity contribution in [3.05, 3.63) is 52.2 Å². The van der Waals surface area contributed by atoms with Gasteiger partial charge >= 0.3 is 5.97 Å². The lowest BCUT2D eigenvalue weighted by Gasteiger charge is -2.05. The van der Waals surface area contributed by atoms with Crippen LogP contribution in [0.4, 0.5) is 0 Å². The second-order valence-corrected chi connectivity index (χ2v) is 4.66. The zero-order valence-electron chi connectivity index (χ0n) is 11.2. The Morgan fingerprint density at radius 1 is 1.38 bits per heavy atom. The molecule has 6 nitrogen and oxygen atoms in total. The molecule has 21 heavy (non-hydrogen) atoms. The number of nitrogens with one attached hydrogen (secondary N) is 1. The molecule has 2 aromatic heterocycles. The van der Waals surface area contributed by atoms with Crippen LogP contribution in [0.15, 0.2) is 28.7 Å². The summed E-state index contributed by atoms with van der Waals surface area (Å²) in [5.74, 6) is -1.29. The van der Waals surface area contributed by atoms with Gasteiger partial charge in [0.05, 0.1) is 6.54 Å². The third-order valence-corrected chi connectivity index (χ3v) is 2.96. The molecule has 0 spiro atoms. The maximum atomic E-state index is 12.0. The molecule has 2 aromatic rings. The Labute approximate surface area is 125 Å². The van der Waals surface area contributed by atoms with Crippen molar-refractivity contribution in [1.29, 1.82) is 0 Å². The van der Waals surface area contributed by atoms with Gasteiger partial charge in [0, 0.05) is 11.3 Å². The predicted molar refractivity (Wildman–Crippen MR) is 75.5 cm³/mol. The smallest absolute Gasteiger partial charge is 0.371 e. The van der Waals surface area contributed by atoms with Gasteiger partial charge in [0.2, 0.25) is 5.76 Å². The Hall–Kier alpha value is -2.34. The van der Waals surface area contributed by atoms with Gasteiger partial charge in [0.15, 0.2) is 0 Å². The molecule has 110 valence electrons. The number of carbonyl (C=O) groups is 2.